The standard InChI is InChI=1S/C13H21N3O2/c1-10(12-5-4-6-14-9-12)16-11(2)13(17)15-7-8-18-3/h4-6,9-11,16H,7-8H2,1-3H3,(H,15,17). The molecule has 1 heterocycles. The summed E-state index contributed by atoms with van der Waals surface area (Å²) < 4.78 is 4.88. The highest BCUT2D eigenvalue weighted by Crippen LogP contribution is 2.10. The minimum Gasteiger partial charge on any atom is -0.383 e. The van der Waals surface area contributed by atoms with Gasteiger partial charge in [-0.3, -0.25) is 15.1 Å². The first-order chi connectivity index (χ1) is 8.65. The Kier molecular flexibility index (Phi) is 6.32. The highest BCUT2D eigenvalue weighted by Gasteiger charge is 2.15. The summed E-state index contributed by atoms with van der Waals surface area (Å²) in [6, 6.07) is 3.70. The zero-order valence-corrected chi connectivity index (χ0v) is 11.1. The molecule has 5 nitrogen and oxygen atoms in total. The van der Waals surface area contributed by atoms with Gasteiger partial charge in [0.05, 0.1) is 12.6 Å². The van der Waals surface area contributed by atoms with Gasteiger partial charge in [-0.25, -0.2) is 0 Å². The molecule has 100 valence electrons. The molecule has 5 heteroatoms. The van der Waals surface area contributed by atoms with Crippen LogP contribution in [-0.2, 0) is 9.53 Å². The molecule has 2 atom stereocenters. The van der Waals surface area contributed by atoms with Crippen LogP contribution in [-0.4, -0.2) is 37.2 Å². The fraction of sp³-hybridized carbons (Fsp3) is 0.538. The number of rotatable bonds is 7. The summed E-state index contributed by atoms with van der Waals surface area (Å²) in [7, 11) is 1.61. The number of amides is 1. The molecule has 0 aliphatic heterocycles. The normalized spacial score (nSPS) is 13.9. The Labute approximate surface area is 108 Å². The molecule has 0 aliphatic rings. The third kappa shape index (κ3) is 4.81. The van der Waals surface area contributed by atoms with Crippen LogP contribution in [0.3, 0.4) is 0 Å². The van der Waals surface area contributed by atoms with Crippen LogP contribution in [0.4, 0.5) is 0 Å². The quantitative estimate of drug-likeness (QED) is 0.706. The van der Waals surface area contributed by atoms with Crippen molar-refractivity contribution < 1.29 is 9.53 Å². The van der Waals surface area contributed by atoms with Crippen molar-refractivity contribution in [2.75, 3.05) is 20.3 Å². The predicted molar refractivity (Wildman–Crippen MR) is 70.1 cm³/mol. The van der Waals surface area contributed by atoms with Crippen LogP contribution >= 0.6 is 0 Å². The van der Waals surface area contributed by atoms with E-state index in [-0.39, 0.29) is 18.0 Å². The fourth-order valence-electron chi connectivity index (χ4n) is 1.61. The van der Waals surface area contributed by atoms with Crippen molar-refractivity contribution in [1.82, 2.24) is 15.6 Å². The molecule has 0 radical (unpaired) electrons. The Morgan fingerprint density at radius 1 is 1.50 bits per heavy atom. The maximum atomic E-state index is 11.7. The number of carbonyl (C=O) groups excluding carboxylic acids is 1. The molecule has 0 spiro atoms. The van der Waals surface area contributed by atoms with Gasteiger partial charge in [0.15, 0.2) is 0 Å². The van der Waals surface area contributed by atoms with Gasteiger partial charge < -0.3 is 10.1 Å². The Balaban J connectivity index is 2.39. The molecule has 2 unspecified atom stereocenters. The van der Waals surface area contributed by atoms with Crippen LogP contribution in [0.2, 0.25) is 0 Å². The molecule has 0 bridgehead atoms. The van der Waals surface area contributed by atoms with Crippen LogP contribution < -0.4 is 10.6 Å². The van der Waals surface area contributed by atoms with Crippen LogP contribution in [0, 0.1) is 0 Å². The lowest BCUT2D eigenvalue weighted by Gasteiger charge is -2.19. The second-order valence-corrected chi connectivity index (χ2v) is 4.18. The molecule has 0 fully saturated rings. The number of nitrogens with zero attached hydrogens (tertiary/aromatic N) is 1. The number of methoxy groups -OCH3 is 1. The SMILES string of the molecule is COCCNC(=O)C(C)NC(C)c1cccnc1. The van der Waals surface area contributed by atoms with Crippen molar-refractivity contribution in [3.05, 3.63) is 30.1 Å². The third-order valence-corrected chi connectivity index (χ3v) is 2.68. The van der Waals surface area contributed by atoms with Gasteiger partial charge in [-0.1, -0.05) is 6.07 Å². The smallest absolute Gasteiger partial charge is 0.236 e. The second kappa shape index (κ2) is 7.79. The van der Waals surface area contributed by atoms with E-state index in [0.29, 0.717) is 13.2 Å². The van der Waals surface area contributed by atoms with E-state index in [1.807, 2.05) is 26.0 Å². The number of carbonyl (C=O) groups is 1. The van der Waals surface area contributed by atoms with Crippen molar-refractivity contribution >= 4 is 5.91 Å². The first-order valence-corrected chi connectivity index (χ1v) is 6.07. The van der Waals surface area contributed by atoms with Crippen molar-refractivity contribution in [3.8, 4) is 0 Å². The zero-order chi connectivity index (χ0) is 13.4. The van der Waals surface area contributed by atoms with Crippen LogP contribution in [0.15, 0.2) is 24.5 Å². The summed E-state index contributed by atoms with van der Waals surface area (Å²) in [5.74, 6) is -0.0252. The van der Waals surface area contributed by atoms with E-state index in [4.69, 9.17) is 4.74 Å². The minimum atomic E-state index is -0.253. The summed E-state index contributed by atoms with van der Waals surface area (Å²) in [6.45, 7) is 4.91. The summed E-state index contributed by atoms with van der Waals surface area (Å²) in [4.78, 5) is 15.8. The summed E-state index contributed by atoms with van der Waals surface area (Å²) in [5.41, 5.74) is 1.06. The molecule has 1 aromatic heterocycles. The van der Waals surface area contributed by atoms with Gasteiger partial charge in [0.25, 0.3) is 0 Å². The second-order valence-electron chi connectivity index (χ2n) is 4.18. The van der Waals surface area contributed by atoms with E-state index in [1.54, 1.807) is 19.5 Å². The Morgan fingerprint density at radius 2 is 2.28 bits per heavy atom. The van der Waals surface area contributed by atoms with E-state index in [2.05, 4.69) is 15.6 Å². The molecule has 0 aromatic carbocycles. The molecule has 1 amide bonds. The van der Waals surface area contributed by atoms with Crippen molar-refractivity contribution in [1.29, 1.82) is 0 Å². The van der Waals surface area contributed by atoms with Gasteiger partial charge in [0, 0.05) is 32.1 Å². The Hall–Kier alpha value is -1.46. The van der Waals surface area contributed by atoms with E-state index < -0.39 is 0 Å². The molecule has 1 aromatic rings. The molecule has 0 saturated carbocycles. The molecule has 18 heavy (non-hydrogen) atoms. The van der Waals surface area contributed by atoms with Crippen molar-refractivity contribution in [2.45, 2.75) is 25.9 Å². The highest BCUT2D eigenvalue weighted by molar-refractivity contribution is 5.81. The van der Waals surface area contributed by atoms with Crippen LogP contribution in [0.5, 0.6) is 0 Å². The summed E-state index contributed by atoms with van der Waals surface area (Å²) >= 11 is 0. The first kappa shape index (κ1) is 14.6. The largest absolute Gasteiger partial charge is 0.383 e. The van der Waals surface area contributed by atoms with E-state index in [0.717, 1.165) is 5.56 Å². The zero-order valence-electron chi connectivity index (χ0n) is 11.1. The van der Waals surface area contributed by atoms with E-state index >= 15 is 0 Å². The van der Waals surface area contributed by atoms with Gasteiger partial charge in [-0.05, 0) is 25.5 Å². The lowest BCUT2D eigenvalue weighted by atomic mass is 10.1. The first-order valence-electron chi connectivity index (χ1n) is 6.07. The van der Waals surface area contributed by atoms with Crippen LogP contribution in [0.25, 0.3) is 0 Å². The van der Waals surface area contributed by atoms with Crippen molar-refractivity contribution in [3.63, 3.8) is 0 Å². The Morgan fingerprint density at radius 3 is 2.89 bits per heavy atom. The molecular weight excluding hydrogens is 230 g/mol. The average molecular weight is 251 g/mol. The van der Waals surface area contributed by atoms with Gasteiger partial charge >= 0.3 is 0 Å². The Bertz CT molecular complexity index is 357. The number of aromatic nitrogens is 1. The number of pyridine rings is 1. The lowest BCUT2D eigenvalue weighted by molar-refractivity contribution is -0.123. The van der Waals surface area contributed by atoms with Crippen molar-refractivity contribution in [2.24, 2.45) is 0 Å². The van der Waals surface area contributed by atoms with Gasteiger partial charge in [0.1, 0.15) is 0 Å². The molecule has 2 N–H and O–H groups in total. The number of ether oxygens (including phenoxy) is 1. The molecule has 0 saturated heterocycles. The van der Waals surface area contributed by atoms with Gasteiger partial charge in [-0.2, -0.15) is 0 Å². The summed E-state index contributed by atoms with van der Waals surface area (Å²) in [6.07, 6.45) is 3.53. The van der Waals surface area contributed by atoms with E-state index in [9.17, 15) is 4.79 Å². The fourth-order valence-corrected chi connectivity index (χ4v) is 1.61. The lowest BCUT2D eigenvalue weighted by Crippen LogP contribution is -2.44. The minimum absolute atomic E-state index is 0.0252. The number of nitrogens with one attached hydrogen (secondary N) is 2. The topological polar surface area (TPSA) is 63.2 Å². The van der Waals surface area contributed by atoms with E-state index in [1.165, 1.54) is 0 Å². The predicted octanol–water partition coefficient (Wildman–Crippen LogP) is 0.883. The molecular formula is C13H21N3O2. The monoisotopic (exact) mass is 251 g/mol. The maximum absolute atomic E-state index is 11.7. The summed E-state index contributed by atoms with van der Waals surface area (Å²) in [5, 5.41) is 6.03. The van der Waals surface area contributed by atoms with Gasteiger partial charge in [0.2, 0.25) is 5.91 Å². The average Bonchev–Trinajstić information content (AvgIpc) is 2.39. The molecule has 1 rings (SSSR count). The van der Waals surface area contributed by atoms with Gasteiger partial charge in [-0.15, -0.1) is 0 Å². The molecule has 0 aliphatic carbocycles. The number of hydrogen-bond acceptors (Lipinski definition) is 4. The van der Waals surface area contributed by atoms with Crippen LogP contribution in [0.1, 0.15) is 25.5 Å². The number of hydrogen-bond donors (Lipinski definition) is 2. The maximum Gasteiger partial charge on any atom is 0.236 e. The highest BCUT2D eigenvalue weighted by atomic mass is 16.5. The third-order valence-electron chi connectivity index (χ3n) is 2.68.